The highest BCUT2D eigenvalue weighted by Gasteiger charge is 2.39. The number of hydrogen-bond donors (Lipinski definition) is 2. The fourth-order valence-corrected chi connectivity index (χ4v) is 1.18. The third kappa shape index (κ3) is 2.19. The minimum Gasteiger partial charge on any atom is -0.341 e. The summed E-state index contributed by atoms with van der Waals surface area (Å²) in [5.41, 5.74) is 5.76. The summed E-state index contributed by atoms with van der Waals surface area (Å²) in [5.74, 6) is 0.737. The van der Waals surface area contributed by atoms with E-state index in [0.29, 0.717) is 5.92 Å². The Morgan fingerprint density at radius 1 is 1.73 bits per heavy atom. The average Bonchev–Trinajstić information content (AvgIpc) is 2.66. The van der Waals surface area contributed by atoms with Gasteiger partial charge >= 0.3 is 0 Å². The summed E-state index contributed by atoms with van der Waals surface area (Å²) in [6.07, 6.45) is 2.08. The zero-order valence-electron chi connectivity index (χ0n) is 7.13. The van der Waals surface area contributed by atoms with Gasteiger partial charge < -0.3 is 11.1 Å². The average molecular weight is 156 g/mol. The molecule has 0 spiro atoms. The van der Waals surface area contributed by atoms with Crippen molar-refractivity contribution in [1.29, 1.82) is 0 Å². The first-order chi connectivity index (χ1) is 5.15. The molecule has 1 rings (SSSR count). The predicted molar refractivity (Wildman–Crippen MR) is 44.0 cm³/mol. The number of nitrogens with one attached hydrogen (secondary N) is 1. The number of amides is 1. The summed E-state index contributed by atoms with van der Waals surface area (Å²) in [7, 11) is 0. The topological polar surface area (TPSA) is 65.0 Å². The van der Waals surface area contributed by atoms with Crippen molar-refractivity contribution in [1.82, 2.24) is 5.32 Å². The van der Waals surface area contributed by atoms with E-state index >= 15 is 0 Å². The van der Waals surface area contributed by atoms with Crippen LogP contribution in [0.1, 0.15) is 26.7 Å². The largest absolute Gasteiger partial charge is 0.341 e. The summed E-state index contributed by atoms with van der Waals surface area (Å²) in [6.45, 7) is 4.30. The highest BCUT2D eigenvalue weighted by Crippen LogP contribution is 2.15. The summed E-state index contributed by atoms with van der Waals surface area (Å²) in [6, 6.07) is -0.0125. The fraction of sp³-hybridized carbons (Fsp3) is 0.875. The Balaban J connectivity index is 2.21. The van der Waals surface area contributed by atoms with Crippen LogP contribution in [-0.2, 0) is 4.79 Å². The van der Waals surface area contributed by atoms with E-state index in [1.807, 2.05) is 0 Å². The van der Waals surface area contributed by atoms with Crippen molar-refractivity contribution in [2.45, 2.75) is 38.8 Å². The lowest BCUT2D eigenvalue weighted by atomic mass is 9.98. The minimum absolute atomic E-state index is 0.0254. The molecule has 0 aliphatic carbocycles. The Kier molecular flexibility index (Phi) is 2.49. The van der Waals surface area contributed by atoms with Gasteiger partial charge in [0.25, 0.3) is 0 Å². The molecule has 3 nitrogen and oxygen atoms in total. The highest BCUT2D eigenvalue weighted by molar-refractivity contribution is 5.97. The maximum atomic E-state index is 10.6. The van der Waals surface area contributed by atoms with Crippen molar-refractivity contribution >= 4 is 5.91 Å². The van der Waals surface area contributed by atoms with Crippen molar-refractivity contribution in [3.63, 3.8) is 0 Å². The van der Waals surface area contributed by atoms with E-state index in [1.165, 1.54) is 0 Å². The fourth-order valence-electron chi connectivity index (χ4n) is 1.18. The number of nitrogens with two attached hydrogens (primary N) is 1. The van der Waals surface area contributed by atoms with Crippen LogP contribution in [0.3, 0.4) is 0 Å². The second kappa shape index (κ2) is 3.22. The van der Waals surface area contributed by atoms with Crippen LogP contribution in [0.5, 0.6) is 0 Å². The highest BCUT2D eigenvalue weighted by atomic mass is 16.2. The van der Waals surface area contributed by atoms with Crippen molar-refractivity contribution in [2.75, 3.05) is 0 Å². The van der Waals surface area contributed by atoms with Gasteiger partial charge in [0.15, 0.2) is 0 Å². The molecule has 1 amide bonds. The molecule has 1 saturated heterocycles. The Morgan fingerprint density at radius 3 is 2.64 bits per heavy atom. The Labute approximate surface area is 67.3 Å². The molecular weight excluding hydrogens is 140 g/mol. The number of rotatable bonds is 4. The third-order valence-corrected chi connectivity index (χ3v) is 2.30. The molecular formula is C8H16N2O. The summed E-state index contributed by atoms with van der Waals surface area (Å²) in [5, 5.41) is 2.70. The minimum atomic E-state index is -0.0380. The van der Waals surface area contributed by atoms with Gasteiger partial charge in [0, 0.05) is 6.04 Å². The van der Waals surface area contributed by atoms with Crippen molar-refractivity contribution < 1.29 is 4.79 Å². The van der Waals surface area contributed by atoms with Gasteiger partial charge in [-0.05, 0) is 12.3 Å². The monoisotopic (exact) mass is 156 g/mol. The normalized spacial score (nSPS) is 27.5. The van der Waals surface area contributed by atoms with Gasteiger partial charge in [-0.1, -0.05) is 20.3 Å². The van der Waals surface area contributed by atoms with Crippen molar-refractivity contribution in [2.24, 2.45) is 11.7 Å². The van der Waals surface area contributed by atoms with Crippen LogP contribution in [0.25, 0.3) is 0 Å². The molecule has 0 bridgehead atoms. The molecule has 0 aromatic carbocycles. The molecule has 64 valence electrons. The Bertz CT molecular complexity index is 158. The molecule has 3 atom stereocenters. The van der Waals surface area contributed by atoms with E-state index in [4.69, 9.17) is 5.73 Å². The zero-order valence-corrected chi connectivity index (χ0v) is 7.13. The molecule has 0 radical (unpaired) electrons. The molecule has 11 heavy (non-hydrogen) atoms. The van der Waals surface area contributed by atoms with E-state index in [2.05, 4.69) is 19.2 Å². The Morgan fingerprint density at radius 2 is 2.27 bits per heavy atom. The van der Waals surface area contributed by atoms with Gasteiger partial charge in [-0.3, -0.25) is 4.79 Å². The van der Waals surface area contributed by atoms with Crippen LogP contribution in [0.2, 0.25) is 0 Å². The molecule has 0 aromatic rings. The maximum absolute atomic E-state index is 10.6. The van der Waals surface area contributed by atoms with E-state index in [-0.39, 0.29) is 18.0 Å². The van der Waals surface area contributed by atoms with Crippen LogP contribution in [0, 0.1) is 5.92 Å². The van der Waals surface area contributed by atoms with E-state index in [9.17, 15) is 4.79 Å². The smallest absolute Gasteiger partial charge is 0.244 e. The molecule has 1 aliphatic heterocycles. The first-order valence-electron chi connectivity index (χ1n) is 4.21. The molecule has 3 heteroatoms. The summed E-state index contributed by atoms with van der Waals surface area (Å²) < 4.78 is 0. The quantitative estimate of drug-likeness (QED) is 0.573. The zero-order chi connectivity index (χ0) is 8.43. The van der Waals surface area contributed by atoms with Crippen LogP contribution in [-0.4, -0.2) is 18.0 Å². The lowest BCUT2D eigenvalue weighted by molar-refractivity contribution is -0.111. The van der Waals surface area contributed by atoms with E-state index in [1.54, 1.807) is 0 Å². The maximum Gasteiger partial charge on any atom is 0.244 e. The number of carbonyl (C=O) groups excluding carboxylic acids is 1. The van der Waals surface area contributed by atoms with Crippen LogP contribution < -0.4 is 11.1 Å². The van der Waals surface area contributed by atoms with Crippen LogP contribution >= 0.6 is 0 Å². The number of hydrogen-bond acceptors (Lipinski definition) is 2. The molecule has 3 unspecified atom stereocenters. The molecule has 1 heterocycles. The van der Waals surface area contributed by atoms with E-state index < -0.39 is 0 Å². The van der Waals surface area contributed by atoms with Crippen molar-refractivity contribution in [3.8, 4) is 0 Å². The molecule has 1 fully saturated rings. The molecule has 3 N–H and O–H groups in total. The SMILES string of the molecule is CCC(C)CC(N)C1NC1=O. The number of carbonyl (C=O) groups is 1. The first kappa shape index (κ1) is 8.53. The second-order valence-electron chi connectivity index (χ2n) is 3.40. The van der Waals surface area contributed by atoms with Gasteiger partial charge in [0.05, 0.1) is 0 Å². The van der Waals surface area contributed by atoms with Gasteiger partial charge in [-0.2, -0.15) is 0 Å². The van der Waals surface area contributed by atoms with Gasteiger partial charge in [-0.15, -0.1) is 0 Å². The van der Waals surface area contributed by atoms with Gasteiger partial charge in [-0.25, -0.2) is 0 Å². The lowest BCUT2D eigenvalue weighted by Gasteiger charge is -2.12. The first-order valence-corrected chi connectivity index (χ1v) is 4.21. The van der Waals surface area contributed by atoms with Gasteiger partial charge in [0.2, 0.25) is 5.91 Å². The van der Waals surface area contributed by atoms with Crippen LogP contribution in [0.15, 0.2) is 0 Å². The molecule has 1 aliphatic rings. The third-order valence-electron chi connectivity index (χ3n) is 2.30. The van der Waals surface area contributed by atoms with Crippen LogP contribution in [0.4, 0.5) is 0 Å². The summed E-state index contributed by atoms with van der Waals surface area (Å²) in [4.78, 5) is 10.6. The predicted octanol–water partition coefficient (Wildman–Crippen LogP) is 0.248. The standard InChI is InChI=1S/C8H16N2O/c1-3-5(2)4-6(9)7-8(11)10-7/h5-7H,3-4,9H2,1-2H3,(H,10,11). The summed E-state index contributed by atoms with van der Waals surface area (Å²) >= 11 is 0. The lowest BCUT2D eigenvalue weighted by Crippen LogP contribution is -2.30. The second-order valence-corrected chi connectivity index (χ2v) is 3.40. The van der Waals surface area contributed by atoms with Gasteiger partial charge in [0.1, 0.15) is 6.04 Å². The molecule has 0 saturated carbocycles. The molecule has 0 aromatic heterocycles. The Hall–Kier alpha value is -0.570. The van der Waals surface area contributed by atoms with Crippen molar-refractivity contribution in [3.05, 3.63) is 0 Å². The van der Waals surface area contributed by atoms with E-state index in [0.717, 1.165) is 12.8 Å².